The molecule has 0 unspecified atom stereocenters. The maximum Gasteiger partial charge on any atom is 0.341 e. The third-order valence-corrected chi connectivity index (χ3v) is 4.20. The number of aromatic amines is 1. The first-order valence-electron chi connectivity index (χ1n) is 7.52. The highest BCUT2D eigenvalue weighted by atomic mass is 16.4. The number of aromatic nitrogens is 2. The van der Waals surface area contributed by atoms with E-state index in [9.17, 15) is 14.7 Å². The van der Waals surface area contributed by atoms with Crippen LogP contribution in [0, 0.1) is 11.8 Å². The fourth-order valence-corrected chi connectivity index (χ4v) is 2.93. The Bertz CT molecular complexity index is 516. The van der Waals surface area contributed by atoms with Crippen molar-refractivity contribution in [1.29, 1.82) is 0 Å². The molecule has 0 spiro atoms. The van der Waals surface area contributed by atoms with Gasteiger partial charge in [0.2, 0.25) is 5.91 Å². The smallest absolute Gasteiger partial charge is 0.341 e. The fourth-order valence-electron chi connectivity index (χ4n) is 2.93. The minimum Gasteiger partial charge on any atom is -0.477 e. The van der Waals surface area contributed by atoms with Crippen LogP contribution in [0.5, 0.6) is 0 Å². The lowest BCUT2D eigenvalue weighted by molar-refractivity contribution is -0.123. The topological polar surface area (TPSA) is 86.3 Å². The van der Waals surface area contributed by atoms with E-state index >= 15 is 0 Å². The first-order valence-corrected chi connectivity index (χ1v) is 7.52. The standard InChI is InChI=1S/C15H23N3O3/c1-9(2)18(13-12(15(20)21)8-16-17-13)14(19)11-6-4-10(3)5-7-11/h8-11H,4-7H2,1-3H3,(H,16,17)(H,20,21). The summed E-state index contributed by atoms with van der Waals surface area (Å²) >= 11 is 0. The average molecular weight is 293 g/mol. The maximum absolute atomic E-state index is 12.8. The largest absolute Gasteiger partial charge is 0.477 e. The molecule has 1 fully saturated rings. The van der Waals surface area contributed by atoms with Gasteiger partial charge in [-0.25, -0.2) is 4.79 Å². The number of carbonyl (C=O) groups is 2. The molecule has 1 aliphatic carbocycles. The highest BCUT2D eigenvalue weighted by Crippen LogP contribution is 2.32. The molecule has 1 aromatic rings. The van der Waals surface area contributed by atoms with Crippen LogP contribution in [0.3, 0.4) is 0 Å². The van der Waals surface area contributed by atoms with Gasteiger partial charge >= 0.3 is 5.97 Å². The summed E-state index contributed by atoms with van der Waals surface area (Å²) < 4.78 is 0. The van der Waals surface area contributed by atoms with Gasteiger partial charge in [0.1, 0.15) is 5.56 Å². The van der Waals surface area contributed by atoms with E-state index in [0.717, 1.165) is 25.7 Å². The van der Waals surface area contributed by atoms with Crippen LogP contribution in [-0.2, 0) is 4.79 Å². The third kappa shape index (κ3) is 3.25. The minimum atomic E-state index is -1.07. The summed E-state index contributed by atoms with van der Waals surface area (Å²) in [5.74, 6) is -0.217. The van der Waals surface area contributed by atoms with E-state index in [0.29, 0.717) is 5.92 Å². The van der Waals surface area contributed by atoms with Crippen molar-refractivity contribution in [3.05, 3.63) is 11.8 Å². The molecule has 2 rings (SSSR count). The van der Waals surface area contributed by atoms with Crippen LogP contribution in [0.15, 0.2) is 6.20 Å². The Hall–Kier alpha value is -1.85. The van der Waals surface area contributed by atoms with Crippen LogP contribution >= 0.6 is 0 Å². The molecular formula is C15H23N3O3. The molecule has 21 heavy (non-hydrogen) atoms. The zero-order chi connectivity index (χ0) is 15.6. The van der Waals surface area contributed by atoms with E-state index in [4.69, 9.17) is 0 Å². The predicted molar refractivity (Wildman–Crippen MR) is 79.3 cm³/mol. The van der Waals surface area contributed by atoms with Gasteiger partial charge in [-0.2, -0.15) is 5.10 Å². The van der Waals surface area contributed by atoms with Crippen LogP contribution in [0.25, 0.3) is 0 Å². The number of nitrogens with zero attached hydrogens (tertiary/aromatic N) is 2. The summed E-state index contributed by atoms with van der Waals surface area (Å²) in [5, 5.41) is 15.8. The highest BCUT2D eigenvalue weighted by Gasteiger charge is 2.33. The van der Waals surface area contributed by atoms with Crippen LogP contribution in [0.2, 0.25) is 0 Å². The number of carbonyl (C=O) groups excluding carboxylic acids is 1. The van der Waals surface area contributed by atoms with E-state index in [1.54, 1.807) is 0 Å². The Kier molecular flexibility index (Phi) is 4.65. The van der Waals surface area contributed by atoms with E-state index in [2.05, 4.69) is 17.1 Å². The molecule has 0 atom stereocenters. The number of rotatable bonds is 4. The van der Waals surface area contributed by atoms with Gasteiger partial charge < -0.3 is 5.11 Å². The molecule has 116 valence electrons. The first kappa shape index (κ1) is 15.5. The maximum atomic E-state index is 12.8. The monoisotopic (exact) mass is 293 g/mol. The highest BCUT2D eigenvalue weighted by molar-refractivity contribution is 6.01. The Morgan fingerprint density at radius 3 is 2.48 bits per heavy atom. The predicted octanol–water partition coefficient (Wildman–Crippen LogP) is 2.68. The van der Waals surface area contributed by atoms with Crippen molar-refractivity contribution in [3.8, 4) is 0 Å². The Morgan fingerprint density at radius 1 is 1.33 bits per heavy atom. The zero-order valence-electron chi connectivity index (χ0n) is 12.8. The number of carboxylic acids is 1. The summed E-state index contributed by atoms with van der Waals surface area (Å²) in [6.07, 6.45) is 5.17. The van der Waals surface area contributed by atoms with E-state index in [-0.39, 0.29) is 29.2 Å². The molecule has 6 heteroatoms. The molecule has 0 saturated heterocycles. The van der Waals surface area contributed by atoms with Crippen molar-refractivity contribution < 1.29 is 14.7 Å². The van der Waals surface area contributed by atoms with Gasteiger partial charge in [0, 0.05) is 18.2 Å². The van der Waals surface area contributed by atoms with Gasteiger partial charge in [-0.15, -0.1) is 0 Å². The molecule has 6 nitrogen and oxygen atoms in total. The summed E-state index contributed by atoms with van der Waals surface area (Å²) in [5.41, 5.74) is 0.0428. The van der Waals surface area contributed by atoms with Crippen molar-refractivity contribution in [3.63, 3.8) is 0 Å². The molecule has 0 radical (unpaired) electrons. The quantitative estimate of drug-likeness (QED) is 0.893. The van der Waals surface area contributed by atoms with Gasteiger partial charge in [0.15, 0.2) is 5.82 Å². The number of aromatic carboxylic acids is 1. The van der Waals surface area contributed by atoms with Crippen LogP contribution in [-0.4, -0.2) is 33.2 Å². The van der Waals surface area contributed by atoms with Crippen LogP contribution in [0.1, 0.15) is 56.8 Å². The number of nitrogens with one attached hydrogen (secondary N) is 1. The molecule has 1 aromatic heterocycles. The van der Waals surface area contributed by atoms with Crippen LogP contribution in [0.4, 0.5) is 5.82 Å². The number of amides is 1. The summed E-state index contributed by atoms with van der Waals surface area (Å²) in [6, 6.07) is -0.127. The Labute approximate surface area is 124 Å². The van der Waals surface area contributed by atoms with Gasteiger partial charge in [0.05, 0.1) is 0 Å². The van der Waals surface area contributed by atoms with Crippen molar-refractivity contribution in [2.24, 2.45) is 11.8 Å². The second-order valence-corrected chi connectivity index (χ2v) is 6.19. The van der Waals surface area contributed by atoms with Crippen molar-refractivity contribution in [2.75, 3.05) is 4.90 Å². The van der Waals surface area contributed by atoms with Gasteiger partial charge in [0.25, 0.3) is 0 Å². The molecule has 0 aromatic carbocycles. The van der Waals surface area contributed by atoms with Gasteiger partial charge in [-0.3, -0.25) is 14.8 Å². The second-order valence-electron chi connectivity index (χ2n) is 6.19. The number of H-pyrrole nitrogens is 1. The zero-order valence-corrected chi connectivity index (χ0v) is 12.8. The van der Waals surface area contributed by atoms with Gasteiger partial charge in [-0.05, 0) is 45.4 Å². The summed E-state index contributed by atoms with van der Waals surface area (Å²) in [4.78, 5) is 25.6. The van der Waals surface area contributed by atoms with E-state index in [1.807, 2.05) is 13.8 Å². The van der Waals surface area contributed by atoms with E-state index in [1.165, 1.54) is 11.1 Å². The van der Waals surface area contributed by atoms with Crippen molar-refractivity contribution >= 4 is 17.7 Å². The molecule has 1 amide bonds. The lowest BCUT2D eigenvalue weighted by atomic mass is 9.82. The number of anilines is 1. The summed E-state index contributed by atoms with van der Waals surface area (Å²) in [6.45, 7) is 5.96. The molecule has 1 heterocycles. The lowest BCUT2D eigenvalue weighted by Gasteiger charge is -2.32. The summed E-state index contributed by atoms with van der Waals surface area (Å²) in [7, 11) is 0. The fraction of sp³-hybridized carbons (Fsp3) is 0.667. The molecule has 2 N–H and O–H groups in total. The minimum absolute atomic E-state index is 0.00787. The molecule has 1 saturated carbocycles. The number of hydrogen-bond acceptors (Lipinski definition) is 3. The molecule has 0 bridgehead atoms. The lowest BCUT2D eigenvalue weighted by Crippen LogP contribution is -2.43. The van der Waals surface area contributed by atoms with Gasteiger partial charge in [-0.1, -0.05) is 6.92 Å². The van der Waals surface area contributed by atoms with Crippen molar-refractivity contribution in [2.45, 2.75) is 52.5 Å². The number of hydrogen-bond donors (Lipinski definition) is 2. The van der Waals surface area contributed by atoms with E-state index < -0.39 is 5.97 Å². The molecular weight excluding hydrogens is 270 g/mol. The molecule has 1 aliphatic rings. The third-order valence-electron chi connectivity index (χ3n) is 4.20. The Balaban J connectivity index is 2.24. The average Bonchev–Trinajstić information content (AvgIpc) is 2.88. The second kappa shape index (κ2) is 6.28. The van der Waals surface area contributed by atoms with Crippen molar-refractivity contribution in [1.82, 2.24) is 10.2 Å². The first-order chi connectivity index (χ1) is 9.91. The number of carboxylic acid groups (broad SMARTS) is 1. The Morgan fingerprint density at radius 2 is 1.95 bits per heavy atom. The SMILES string of the molecule is CC1CCC(C(=O)N(c2n[nH]cc2C(=O)O)C(C)C)CC1. The van der Waals surface area contributed by atoms with Crippen LogP contribution < -0.4 is 4.90 Å². The normalized spacial score (nSPS) is 22.3. The molecule has 0 aliphatic heterocycles.